The SMILES string of the molecule is Cc1cc(=O)c2ccccc2n1CC(=O)N(C)Cc1ccoc1. The molecular formula is C18H18N2O3. The van der Waals surface area contributed by atoms with E-state index in [1.165, 1.54) is 0 Å². The van der Waals surface area contributed by atoms with Gasteiger partial charge in [-0.15, -0.1) is 0 Å². The third-order valence-electron chi connectivity index (χ3n) is 3.95. The van der Waals surface area contributed by atoms with Crippen LogP contribution in [-0.4, -0.2) is 22.4 Å². The molecule has 0 fully saturated rings. The Labute approximate surface area is 133 Å². The van der Waals surface area contributed by atoms with E-state index in [1.807, 2.05) is 35.8 Å². The number of pyridine rings is 1. The Hall–Kier alpha value is -2.82. The molecule has 0 spiro atoms. The topological polar surface area (TPSA) is 55.5 Å². The Bertz CT molecular complexity index is 894. The molecule has 23 heavy (non-hydrogen) atoms. The summed E-state index contributed by atoms with van der Waals surface area (Å²) < 4.78 is 6.91. The Morgan fingerprint density at radius 1 is 1.26 bits per heavy atom. The Morgan fingerprint density at radius 3 is 2.78 bits per heavy atom. The summed E-state index contributed by atoms with van der Waals surface area (Å²) in [4.78, 5) is 26.2. The maximum absolute atomic E-state index is 12.5. The number of para-hydroxylation sites is 1. The zero-order chi connectivity index (χ0) is 16.4. The van der Waals surface area contributed by atoms with Gasteiger partial charge in [-0.2, -0.15) is 0 Å². The average molecular weight is 310 g/mol. The number of nitrogens with zero attached hydrogens (tertiary/aromatic N) is 2. The molecule has 0 atom stereocenters. The monoisotopic (exact) mass is 310 g/mol. The van der Waals surface area contributed by atoms with Crippen molar-refractivity contribution in [2.24, 2.45) is 0 Å². The highest BCUT2D eigenvalue weighted by atomic mass is 16.3. The molecule has 118 valence electrons. The highest BCUT2D eigenvalue weighted by molar-refractivity contribution is 5.82. The van der Waals surface area contributed by atoms with Crippen LogP contribution in [0.25, 0.3) is 10.9 Å². The summed E-state index contributed by atoms with van der Waals surface area (Å²) in [5, 5.41) is 0.628. The highest BCUT2D eigenvalue weighted by Gasteiger charge is 2.14. The summed E-state index contributed by atoms with van der Waals surface area (Å²) >= 11 is 0. The van der Waals surface area contributed by atoms with Gasteiger partial charge < -0.3 is 13.9 Å². The maximum Gasteiger partial charge on any atom is 0.242 e. The summed E-state index contributed by atoms with van der Waals surface area (Å²) in [6.07, 6.45) is 3.22. The van der Waals surface area contributed by atoms with E-state index in [1.54, 1.807) is 36.6 Å². The van der Waals surface area contributed by atoms with Gasteiger partial charge in [0.1, 0.15) is 6.54 Å². The van der Waals surface area contributed by atoms with E-state index in [-0.39, 0.29) is 17.9 Å². The van der Waals surface area contributed by atoms with Crippen molar-refractivity contribution in [1.29, 1.82) is 0 Å². The minimum atomic E-state index is -0.0249. The number of rotatable bonds is 4. The van der Waals surface area contributed by atoms with Crippen molar-refractivity contribution in [2.45, 2.75) is 20.0 Å². The number of carbonyl (C=O) groups is 1. The molecular weight excluding hydrogens is 292 g/mol. The molecule has 0 aliphatic heterocycles. The predicted molar refractivity (Wildman–Crippen MR) is 88.1 cm³/mol. The molecule has 0 saturated heterocycles. The number of hydrogen-bond donors (Lipinski definition) is 0. The number of hydrogen-bond acceptors (Lipinski definition) is 3. The van der Waals surface area contributed by atoms with Crippen LogP contribution in [0, 0.1) is 6.92 Å². The van der Waals surface area contributed by atoms with Gasteiger partial charge in [-0.1, -0.05) is 12.1 Å². The van der Waals surface area contributed by atoms with Crippen LogP contribution < -0.4 is 5.43 Å². The second-order valence-corrected chi connectivity index (χ2v) is 5.63. The summed E-state index contributed by atoms with van der Waals surface area (Å²) in [6.45, 7) is 2.53. The molecule has 2 heterocycles. The van der Waals surface area contributed by atoms with Crippen LogP contribution in [0.4, 0.5) is 0 Å². The average Bonchev–Trinajstić information content (AvgIpc) is 3.04. The quantitative estimate of drug-likeness (QED) is 0.744. The largest absolute Gasteiger partial charge is 0.472 e. The minimum Gasteiger partial charge on any atom is -0.472 e. The van der Waals surface area contributed by atoms with Crippen molar-refractivity contribution in [3.8, 4) is 0 Å². The Kier molecular flexibility index (Phi) is 4.02. The van der Waals surface area contributed by atoms with Crippen molar-refractivity contribution in [3.63, 3.8) is 0 Å². The lowest BCUT2D eigenvalue weighted by Gasteiger charge is -2.20. The van der Waals surface area contributed by atoms with E-state index < -0.39 is 0 Å². The number of aryl methyl sites for hydroxylation is 1. The molecule has 0 saturated carbocycles. The van der Waals surface area contributed by atoms with E-state index in [9.17, 15) is 9.59 Å². The fourth-order valence-corrected chi connectivity index (χ4v) is 2.66. The van der Waals surface area contributed by atoms with Gasteiger partial charge in [0.05, 0.1) is 18.0 Å². The van der Waals surface area contributed by atoms with Gasteiger partial charge in [0.2, 0.25) is 5.91 Å². The van der Waals surface area contributed by atoms with Gasteiger partial charge in [-0.3, -0.25) is 9.59 Å². The van der Waals surface area contributed by atoms with Gasteiger partial charge in [0.15, 0.2) is 5.43 Å². The van der Waals surface area contributed by atoms with E-state index in [2.05, 4.69) is 0 Å². The summed E-state index contributed by atoms with van der Waals surface area (Å²) in [5.74, 6) is -0.0249. The van der Waals surface area contributed by atoms with Gasteiger partial charge in [-0.25, -0.2) is 0 Å². The van der Waals surface area contributed by atoms with Gasteiger partial charge in [-0.05, 0) is 25.1 Å². The van der Waals surface area contributed by atoms with Crippen LogP contribution in [0.15, 0.2) is 58.1 Å². The van der Waals surface area contributed by atoms with Gasteiger partial charge in [0.25, 0.3) is 0 Å². The molecule has 0 aliphatic carbocycles. The first-order valence-corrected chi connectivity index (χ1v) is 7.40. The minimum absolute atomic E-state index is 0.0199. The lowest BCUT2D eigenvalue weighted by molar-refractivity contribution is -0.131. The molecule has 2 aromatic heterocycles. The number of furan rings is 1. The molecule has 0 unspecified atom stereocenters. The van der Waals surface area contributed by atoms with Crippen molar-refractivity contribution >= 4 is 16.8 Å². The van der Waals surface area contributed by atoms with E-state index in [0.29, 0.717) is 11.9 Å². The molecule has 5 heteroatoms. The molecule has 5 nitrogen and oxygen atoms in total. The van der Waals surface area contributed by atoms with Gasteiger partial charge in [0, 0.05) is 36.3 Å². The molecule has 0 radical (unpaired) electrons. The van der Waals surface area contributed by atoms with Crippen molar-refractivity contribution in [1.82, 2.24) is 9.47 Å². The fraction of sp³-hybridized carbons (Fsp3) is 0.222. The molecule has 1 amide bonds. The first kappa shape index (κ1) is 15.1. The predicted octanol–water partition coefficient (Wildman–Crippen LogP) is 2.56. The van der Waals surface area contributed by atoms with Crippen LogP contribution in [0.5, 0.6) is 0 Å². The lowest BCUT2D eigenvalue weighted by atomic mass is 10.2. The molecule has 0 N–H and O–H groups in total. The number of likely N-dealkylation sites (N-methyl/N-ethyl adjacent to an activating group) is 1. The summed E-state index contributed by atoms with van der Waals surface area (Å²) in [6, 6.07) is 10.8. The Balaban J connectivity index is 1.89. The van der Waals surface area contributed by atoms with Crippen LogP contribution in [0.2, 0.25) is 0 Å². The molecule has 3 aromatic rings. The van der Waals surface area contributed by atoms with Crippen molar-refractivity contribution in [3.05, 3.63) is 70.4 Å². The number of benzene rings is 1. The number of amides is 1. The second kappa shape index (κ2) is 6.12. The molecule has 1 aromatic carbocycles. The normalized spacial score (nSPS) is 10.9. The standard InChI is InChI=1S/C18H18N2O3/c1-13-9-17(21)15-5-3-4-6-16(15)20(13)11-18(22)19(2)10-14-7-8-23-12-14/h3-9,12H,10-11H2,1-2H3. The highest BCUT2D eigenvalue weighted by Crippen LogP contribution is 2.13. The van der Waals surface area contributed by atoms with Gasteiger partial charge >= 0.3 is 0 Å². The van der Waals surface area contributed by atoms with E-state index >= 15 is 0 Å². The second-order valence-electron chi connectivity index (χ2n) is 5.63. The number of aromatic nitrogens is 1. The molecule has 0 aliphatic rings. The maximum atomic E-state index is 12.5. The van der Waals surface area contributed by atoms with Crippen molar-refractivity contribution in [2.75, 3.05) is 7.05 Å². The first-order valence-electron chi connectivity index (χ1n) is 7.40. The lowest BCUT2D eigenvalue weighted by Crippen LogP contribution is -2.30. The summed E-state index contributed by atoms with van der Waals surface area (Å²) in [7, 11) is 1.76. The van der Waals surface area contributed by atoms with Crippen LogP contribution in [-0.2, 0) is 17.9 Å². The van der Waals surface area contributed by atoms with Crippen LogP contribution in [0.1, 0.15) is 11.3 Å². The Morgan fingerprint density at radius 2 is 2.04 bits per heavy atom. The zero-order valence-electron chi connectivity index (χ0n) is 13.2. The number of fused-ring (bicyclic) bond motifs is 1. The van der Waals surface area contributed by atoms with Crippen LogP contribution >= 0.6 is 0 Å². The zero-order valence-corrected chi connectivity index (χ0v) is 13.2. The van der Waals surface area contributed by atoms with E-state index in [4.69, 9.17) is 4.42 Å². The smallest absolute Gasteiger partial charge is 0.242 e. The fourth-order valence-electron chi connectivity index (χ4n) is 2.66. The summed E-state index contributed by atoms with van der Waals surface area (Å²) in [5.41, 5.74) is 2.48. The molecule has 0 bridgehead atoms. The van der Waals surface area contributed by atoms with Crippen molar-refractivity contribution < 1.29 is 9.21 Å². The van der Waals surface area contributed by atoms with Crippen LogP contribution in [0.3, 0.4) is 0 Å². The first-order chi connectivity index (χ1) is 11.1. The third kappa shape index (κ3) is 3.04. The van der Waals surface area contributed by atoms with E-state index in [0.717, 1.165) is 16.8 Å². The molecule has 3 rings (SSSR count). The number of carbonyl (C=O) groups excluding carboxylic acids is 1. The third-order valence-corrected chi connectivity index (χ3v) is 3.95.